The number of rotatable bonds is 14. The van der Waals surface area contributed by atoms with Crippen LogP contribution in [0.3, 0.4) is 0 Å². The number of benzene rings is 2. The van der Waals surface area contributed by atoms with Crippen molar-refractivity contribution >= 4 is 11.4 Å². The van der Waals surface area contributed by atoms with Gasteiger partial charge in [-0.1, -0.05) is 65.8 Å². The Bertz CT molecular complexity index is 738. The van der Waals surface area contributed by atoms with Gasteiger partial charge >= 0.3 is 16.8 Å². The molecule has 35 heavy (non-hydrogen) atoms. The third-order valence-corrected chi connectivity index (χ3v) is 6.65. The Kier molecular flexibility index (Phi) is 19.9. The average Bonchev–Trinajstić information content (AvgIpc) is 2.83. The predicted octanol–water partition coefficient (Wildman–Crippen LogP) is 0.522. The van der Waals surface area contributed by atoms with Crippen LogP contribution in [0.1, 0.15) is 74.9 Å². The summed E-state index contributed by atoms with van der Waals surface area (Å²) < 4.78 is 0. The zero-order valence-electron chi connectivity index (χ0n) is 22.9. The maximum atomic E-state index is 3.76. The molecular formula is C29H47Cl2CoN3. The van der Waals surface area contributed by atoms with E-state index in [0.717, 1.165) is 64.7 Å². The van der Waals surface area contributed by atoms with E-state index in [1.165, 1.54) is 44.8 Å². The topological polar surface area (TPSA) is 27.3 Å². The second-order valence-electron chi connectivity index (χ2n) is 8.86. The molecule has 0 amide bonds. The molecule has 0 unspecified atom stereocenters. The van der Waals surface area contributed by atoms with Crippen molar-refractivity contribution in [2.24, 2.45) is 0 Å². The molecule has 0 aliphatic carbocycles. The van der Waals surface area contributed by atoms with Crippen molar-refractivity contribution in [3.05, 3.63) is 57.6 Å². The third-order valence-electron chi connectivity index (χ3n) is 6.65. The average molecular weight is 568 g/mol. The first-order chi connectivity index (χ1) is 15.5. The Labute approximate surface area is 238 Å². The van der Waals surface area contributed by atoms with Crippen molar-refractivity contribution in [2.45, 2.75) is 80.1 Å². The van der Waals surface area contributed by atoms with Crippen LogP contribution >= 0.6 is 0 Å². The Balaban J connectivity index is 0. The van der Waals surface area contributed by atoms with Crippen molar-refractivity contribution in [1.82, 2.24) is 4.90 Å². The summed E-state index contributed by atoms with van der Waals surface area (Å²) in [6.07, 6.45) is 6.55. The molecule has 2 N–H and O–H groups in total. The van der Waals surface area contributed by atoms with E-state index in [1.54, 1.807) is 0 Å². The molecule has 0 saturated heterocycles. The summed E-state index contributed by atoms with van der Waals surface area (Å²) in [6, 6.07) is 9.54. The predicted molar refractivity (Wildman–Crippen MR) is 144 cm³/mol. The van der Waals surface area contributed by atoms with Gasteiger partial charge in [-0.3, -0.25) is 0 Å². The Hall–Kier alpha value is -0.914. The van der Waals surface area contributed by atoms with Gasteiger partial charge < -0.3 is 40.3 Å². The first-order valence-electron chi connectivity index (χ1n) is 13.0. The molecular weight excluding hydrogens is 520 g/mol. The molecule has 0 aromatic heterocycles. The number of likely N-dealkylation sites (N-methyl/N-ethyl adjacent to an activating group) is 1. The van der Waals surface area contributed by atoms with Crippen LogP contribution in [0.2, 0.25) is 0 Å². The van der Waals surface area contributed by atoms with Gasteiger partial charge in [0.2, 0.25) is 0 Å². The summed E-state index contributed by atoms with van der Waals surface area (Å²) in [7, 11) is 2.23. The fraction of sp³-hybridized carbons (Fsp3) is 0.586. The molecule has 6 heteroatoms. The number of hydrogen-bond donors (Lipinski definition) is 2. The summed E-state index contributed by atoms with van der Waals surface area (Å²) >= 11 is 0. The molecule has 0 spiro atoms. The van der Waals surface area contributed by atoms with Gasteiger partial charge in [0.25, 0.3) is 0 Å². The fourth-order valence-electron chi connectivity index (χ4n) is 4.51. The van der Waals surface area contributed by atoms with Gasteiger partial charge in [-0.05, 0) is 79.0 Å². The van der Waals surface area contributed by atoms with Crippen molar-refractivity contribution in [1.29, 1.82) is 0 Å². The minimum atomic E-state index is 0. The van der Waals surface area contributed by atoms with Crippen LogP contribution < -0.4 is 35.4 Å². The van der Waals surface area contributed by atoms with E-state index in [-0.39, 0.29) is 41.6 Å². The molecule has 1 radical (unpaired) electrons. The van der Waals surface area contributed by atoms with Gasteiger partial charge in [0, 0.05) is 37.6 Å². The Morgan fingerprint density at radius 2 is 0.829 bits per heavy atom. The second kappa shape index (κ2) is 19.2. The molecule has 2 rings (SSSR count). The quantitative estimate of drug-likeness (QED) is 0.349. The van der Waals surface area contributed by atoms with Crippen LogP contribution in [0.25, 0.3) is 0 Å². The molecule has 0 heterocycles. The summed E-state index contributed by atoms with van der Waals surface area (Å²) in [5, 5.41) is 7.52. The number of halogens is 2. The molecule has 3 nitrogen and oxygen atoms in total. The number of hydrogen-bond acceptors (Lipinski definition) is 3. The molecule has 0 aliphatic heterocycles. The Morgan fingerprint density at radius 3 is 1.06 bits per heavy atom. The van der Waals surface area contributed by atoms with E-state index < -0.39 is 0 Å². The van der Waals surface area contributed by atoms with Crippen LogP contribution in [0.5, 0.6) is 0 Å². The van der Waals surface area contributed by atoms with Crippen LogP contribution in [-0.4, -0.2) is 38.1 Å². The van der Waals surface area contributed by atoms with E-state index in [2.05, 4.69) is 88.4 Å². The van der Waals surface area contributed by atoms with E-state index in [0.29, 0.717) is 0 Å². The summed E-state index contributed by atoms with van der Waals surface area (Å²) in [6.45, 7) is 17.6. The van der Waals surface area contributed by atoms with Crippen molar-refractivity contribution in [2.75, 3.05) is 43.9 Å². The van der Waals surface area contributed by atoms with Gasteiger partial charge in [-0.25, -0.2) is 0 Å². The molecule has 0 aliphatic rings. The largest absolute Gasteiger partial charge is 2.00 e. The van der Waals surface area contributed by atoms with E-state index in [1.807, 2.05) is 0 Å². The zero-order valence-corrected chi connectivity index (χ0v) is 25.5. The molecule has 0 saturated carbocycles. The molecule has 201 valence electrons. The fourth-order valence-corrected chi connectivity index (χ4v) is 4.51. The number of anilines is 2. The van der Waals surface area contributed by atoms with Crippen LogP contribution in [-0.2, 0) is 55.3 Å². The maximum Gasteiger partial charge on any atom is 2.00 e. The second-order valence-corrected chi connectivity index (χ2v) is 8.86. The van der Waals surface area contributed by atoms with E-state index in [4.69, 9.17) is 0 Å². The van der Waals surface area contributed by atoms with Crippen molar-refractivity contribution in [3.8, 4) is 0 Å². The van der Waals surface area contributed by atoms with Gasteiger partial charge in [-0.2, -0.15) is 0 Å². The zero-order chi connectivity index (χ0) is 23.5. The summed E-state index contributed by atoms with van der Waals surface area (Å²) in [5.74, 6) is 0. The van der Waals surface area contributed by atoms with Gasteiger partial charge in [-0.15, -0.1) is 0 Å². The van der Waals surface area contributed by atoms with Gasteiger partial charge in [0.05, 0.1) is 0 Å². The summed E-state index contributed by atoms with van der Waals surface area (Å²) in [5.41, 5.74) is 11.5. The first kappa shape index (κ1) is 36.2. The van der Waals surface area contributed by atoms with Crippen molar-refractivity contribution < 1.29 is 41.6 Å². The monoisotopic (exact) mass is 566 g/mol. The smallest absolute Gasteiger partial charge is 1.00 e. The molecule has 0 bridgehead atoms. The number of aryl methyl sites for hydroxylation is 6. The molecule has 0 atom stereocenters. The van der Waals surface area contributed by atoms with Gasteiger partial charge in [0.15, 0.2) is 0 Å². The minimum absolute atomic E-state index is 0. The summed E-state index contributed by atoms with van der Waals surface area (Å²) in [4.78, 5) is 2.43. The van der Waals surface area contributed by atoms with Crippen LogP contribution in [0.15, 0.2) is 24.3 Å². The normalized spacial score (nSPS) is 10.3. The molecule has 0 fully saturated rings. The Morgan fingerprint density at radius 1 is 0.543 bits per heavy atom. The SMILES string of the molecule is CCc1cc(CC)c(NCCN(C)CCNc2c(CC)cc(CC)cc2CC)c(CC)c1.[Cl-].[Cl-].[Co+2]. The minimum Gasteiger partial charge on any atom is -1.00 e. The number of nitrogens with zero attached hydrogens (tertiary/aromatic N) is 1. The first-order valence-corrected chi connectivity index (χ1v) is 13.0. The van der Waals surface area contributed by atoms with Crippen LogP contribution in [0, 0.1) is 0 Å². The van der Waals surface area contributed by atoms with Crippen molar-refractivity contribution in [3.63, 3.8) is 0 Å². The van der Waals surface area contributed by atoms with E-state index in [9.17, 15) is 0 Å². The standard InChI is InChI=1S/C29H47N3.2ClH.Co/c1-8-22-18-24(10-3)28(25(11-4)19-22)30-14-16-32(7)17-15-31-29-26(12-5)20-23(9-2)21-27(29)13-6;;;/h18-21,30-31H,8-17H2,1-7H3;2*1H;/q;;;+2/p-2. The van der Waals surface area contributed by atoms with Gasteiger partial charge in [0.1, 0.15) is 0 Å². The molecule has 2 aromatic carbocycles. The van der Waals surface area contributed by atoms with Crippen LogP contribution in [0.4, 0.5) is 11.4 Å². The number of nitrogens with one attached hydrogen (secondary N) is 2. The van der Waals surface area contributed by atoms with E-state index >= 15 is 0 Å². The maximum absolute atomic E-state index is 3.76. The molecule has 2 aromatic rings. The third kappa shape index (κ3) is 10.5.